The summed E-state index contributed by atoms with van der Waals surface area (Å²) < 4.78 is 32.8. The monoisotopic (exact) mass is 380 g/mol. The zero-order valence-electron chi connectivity index (χ0n) is 15.5. The molecule has 1 aliphatic heterocycles. The van der Waals surface area contributed by atoms with E-state index in [1.165, 1.54) is 10.7 Å². The largest absolute Gasteiger partial charge is 0.378 e. The molecule has 0 spiro atoms. The van der Waals surface area contributed by atoms with Crippen molar-refractivity contribution < 1.29 is 17.9 Å². The Bertz CT molecular complexity index is 737. The molecule has 144 valence electrons. The summed E-state index contributed by atoms with van der Waals surface area (Å²) in [4.78, 5) is 12.6. The zero-order valence-corrected chi connectivity index (χ0v) is 16.3. The first-order valence-electron chi connectivity index (χ1n) is 9.32. The van der Waals surface area contributed by atoms with Crippen LogP contribution in [0.2, 0.25) is 0 Å². The summed E-state index contributed by atoms with van der Waals surface area (Å²) >= 11 is 0. The number of rotatable bonds is 4. The number of hydrogen-bond donors (Lipinski definition) is 1. The lowest BCUT2D eigenvalue weighted by atomic mass is 9.88. The van der Waals surface area contributed by atoms with E-state index in [1.807, 2.05) is 13.8 Å². The van der Waals surface area contributed by atoms with Crippen LogP contribution in [0.15, 0.2) is 29.2 Å². The Morgan fingerprint density at radius 1 is 1.15 bits per heavy atom. The normalized spacial score (nSPS) is 22.1. The minimum absolute atomic E-state index is 0.0367. The third kappa shape index (κ3) is 4.10. The molecule has 1 N–H and O–H groups in total. The smallest absolute Gasteiger partial charge is 0.243 e. The summed E-state index contributed by atoms with van der Waals surface area (Å²) in [5.41, 5.74) is 0.0612. The molecular formula is C19H28N2O4S. The molecule has 26 heavy (non-hydrogen) atoms. The molecule has 0 radical (unpaired) electrons. The third-order valence-corrected chi connectivity index (χ3v) is 7.38. The second-order valence-corrected chi connectivity index (χ2v) is 9.65. The zero-order chi connectivity index (χ0) is 18.8. The fourth-order valence-electron chi connectivity index (χ4n) is 3.74. The molecule has 1 aromatic carbocycles. The Hall–Kier alpha value is -1.44. The average molecular weight is 381 g/mol. The van der Waals surface area contributed by atoms with Crippen molar-refractivity contribution in [3.63, 3.8) is 0 Å². The Kier molecular flexibility index (Phi) is 5.69. The van der Waals surface area contributed by atoms with E-state index in [2.05, 4.69) is 5.32 Å². The fraction of sp³-hybridized carbons (Fsp3) is 0.632. The number of benzene rings is 1. The second kappa shape index (κ2) is 7.66. The Labute approximate surface area is 156 Å². The van der Waals surface area contributed by atoms with Crippen molar-refractivity contribution in [3.8, 4) is 0 Å². The summed E-state index contributed by atoms with van der Waals surface area (Å²) in [7, 11) is -3.59. The molecule has 1 aromatic rings. The first kappa shape index (κ1) is 19.3. The van der Waals surface area contributed by atoms with Crippen LogP contribution in [-0.2, 0) is 19.6 Å². The molecule has 3 rings (SSSR count). The summed E-state index contributed by atoms with van der Waals surface area (Å²) in [6.45, 7) is 4.85. The molecule has 1 aliphatic carbocycles. The van der Waals surface area contributed by atoms with Crippen molar-refractivity contribution in [2.24, 2.45) is 5.92 Å². The lowest BCUT2D eigenvalue weighted by Gasteiger charge is -2.40. The van der Waals surface area contributed by atoms with Gasteiger partial charge in [-0.1, -0.05) is 19.3 Å². The number of carbonyl (C=O) groups is 1. The van der Waals surface area contributed by atoms with Gasteiger partial charge in [0.25, 0.3) is 0 Å². The Balaban J connectivity index is 1.71. The highest BCUT2D eigenvalue weighted by molar-refractivity contribution is 7.89. The van der Waals surface area contributed by atoms with Gasteiger partial charge in [-0.3, -0.25) is 4.79 Å². The summed E-state index contributed by atoms with van der Waals surface area (Å²) in [5.74, 6) is 0.107. The Morgan fingerprint density at radius 2 is 1.81 bits per heavy atom. The summed E-state index contributed by atoms with van der Waals surface area (Å²) in [6, 6.07) is 6.47. The molecule has 0 bridgehead atoms. The second-order valence-electron chi connectivity index (χ2n) is 7.79. The molecule has 0 aromatic heterocycles. The lowest BCUT2D eigenvalue weighted by molar-refractivity contribution is -0.120. The number of morpholine rings is 1. The average Bonchev–Trinajstić information content (AvgIpc) is 2.62. The summed E-state index contributed by atoms with van der Waals surface area (Å²) in [6.07, 6.45) is 5.28. The van der Waals surface area contributed by atoms with Gasteiger partial charge in [-0.25, -0.2) is 8.42 Å². The lowest BCUT2D eigenvalue weighted by Crippen LogP contribution is -2.55. The van der Waals surface area contributed by atoms with Gasteiger partial charge in [0.15, 0.2) is 0 Å². The van der Waals surface area contributed by atoms with Gasteiger partial charge in [-0.2, -0.15) is 4.31 Å². The summed E-state index contributed by atoms with van der Waals surface area (Å²) in [5, 5.41) is 2.92. The molecule has 2 fully saturated rings. The standard InChI is InChI=1S/C19H28N2O4S/c1-19(2)14-25-13-12-21(19)26(23,24)17-10-8-16(9-11-17)20-18(22)15-6-4-3-5-7-15/h8-11,15H,3-7,12-14H2,1-2H3,(H,20,22). The fourth-order valence-corrected chi connectivity index (χ4v) is 5.49. The van der Waals surface area contributed by atoms with Gasteiger partial charge in [0.1, 0.15) is 0 Å². The van der Waals surface area contributed by atoms with Crippen molar-refractivity contribution in [1.82, 2.24) is 4.31 Å². The third-order valence-electron chi connectivity index (χ3n) is 5.25. The van der Waals surface area contributed by atoms with E-state index >= 15 is 0 Å². The first-order valence-corrected chi connectivity index (χ1v) is 10.8. The number of carbonyl (C=O) groups excluding carboxylic acids is 1. The van der Waals surface area contributed by atoms with Crippen molar-refractivity contribution in [2.75, 3.05) is 25.1 Å². The van der Waals surface area contributed by atoms with E-state index in [1.54, 1.807) is 24.3 Å². The highest BCUT2D eigenvalue weighted by atomic mass is 32.2. The van der Waals surface area contributed by atoms with Crippen LogP contribution in [-0.4, -0.2) is 43.9 Å². The van der Waals surface area contributed by atoms with Crippen molar-refractivity contribution in [3.05, 3.63) is 24.3 Å². The minimum Gasteiger partial charge on any atom is -0.378 e. The van der Waals surface area contributed by atoms with Crippen molar-refractivity contribution >= 4 is 21.6 Å². The molecule has 2 aliphatic rings. The van der Waals surface area contributed by atoms with E-state index in [9.17, 15) is 13.2 Å². The number of sulfonamides is 1. The van der Waals surface area contributed by atoms with E-state index in [-0.39, 0.29) is 16.7 Å². The SMILES string of the molecule is CC1(C)COCCN1S(=O)(=O)c1ccc(NC(=O)C2CCCCC2)cc1. The number of anilines is 1. The predicted molar refractivity (Wildman–Crippen MR) is 100 cm³/mol. The van der Waals surface area contributed by atoms with Crippen LogP contribution in [0.1, 0.15) is 46.0 Å². The van der Waals surface area contributed by atoms with Crippen LogP contribution in [0.25, 0.3) is 0 Å². The van der Waals surface area contributed by atoms with Gasteiger partial charge in [0, 0.05) is 18.2 Å². The highest BCUT2D eigenvalue weighted by Crippen LogP contribution is 2.29. The van der Waals surface area contributed by atoms with Gasteiger partial charge in [-0.15, -0.1) is 0 Å². The molecule has 6 nitrogen and oxygen atoms in total. The van der Waals surface area contributed by atoms with Gasteiger partial charge < -0.3 is 10.1 Å². The van der Waals surface area contributed by atoms with Gasteiger partial charge in [0.05, 0.1) is 23.6 Å². The topological polar surface area (TPSA) is 75.7 Å². The first-order chi connectivity index (χ1) is 12.3. The maximum Gasteiger partial charge on any atom is 0.243 e. The predicted octanol–water partition coefficient (Wildman–Crippen LogP) is 3.00. The van der Waals surface area contributed by atoms with Gasteiger partial charge in [-0.05, 0) is 51.0 Å². The van der Waals surface area contributed by atoms with Crippen LogP contribution in [0.5, 0.6) is 0 Å². The number of nitrogens with zero attached hydrogens (tertiary/aromatic N) is 1. The minimum atomic E-state index is -3.59. The maximum absolute atomic E-state index is 13.0. The number of amides is 1. The quantitative estimate of drug-likeness (QED) is 0.871. The van der Waals surface area contributed by atoms with Crippen LogP contribution in [0, 0.1) is 5.92 Å². The van der Waals surface area contributed by atoms with Gasteiger partial charge in [0.2, 0.25) is 15.9 Å². The number of ether oxygens (including phenoxy) is 1. The molecule has 0 atom stereocenters. The molecule has 1 saturated heterocycles. The van der Waals surface area contributed by atoms with Crippen LogP contribution in [0.3, 0.4) is 0 Å². The van der Waals surface area contributed by atoms with E-state index in [0.29, 0.717) is 25.4 Å². The molecule has 0 unspecified atom stereocenters. The number of nitrogens with one attached hydrogen (secondary N) is 1. The Morgan fingerprint density at radius 3 is 2.42 bits per heavy atom. The van der Waals surface area contributed by atoms with Crippen LogP contribution >= 0.6 is 0 Å². The van der Waals surface area contributed by atoms with Crippen LogP contribution in [0.4, 0.5) is 5.69 Å². The molecule has 1 heterocycles. The maximum atomic E-state index is 13.0. The molecular weight excluding hydrogens is 352 g/mol. The van der Waals surface area contributed by atoms with Gasteiger partial charge >= 0.3 is 0 Å². The van der Waals surface area contributed by atoms with Crippen molar-refractivity contribution in [2.45, 2.75) is 56.4 Å². The number of hydrogen-bond acceptors (Lipinski definition) is 4. The molecule has 7 heteroatoms. The van der Waals surface area contributed by atoms with E-state index in [0.717, 1.165) is 25.7 Å². The van der Waals surface area contributed by atoms with Crippen molar-refractivity contribution in [1.29, 1.82) is 0 Å². The van der Waals surface area contributed by atoms with Crippen LogP contribution < -0.4 is 5.32 Å². The van der Waals surface area contributed by atoms with E-state index in [4.69, 9.17) is 4.74 Å². The van der Waals surface area contributed by atoms with E-state index < -0.39 is 15.6 Å². The molecule has 1 saturated carbocycles. The molecule has 1 amide bonds. The highest BCUT2D eigenvalue weighted by Gasteiger charge is 2.39.